The van der Waals surface area contributed by atoms with E-state index in [0.29, 0.717) is 5.75 Å². The highest BCUT2D eigenvalue weighted by Crippen LogP contribution is 2.21. The van der Waals surface area contributed by atoms with Gasteiger partial charge in [-0.2, -0.15) is 0 Å². The topological polar surface area (TPSA) is 96.5 Å². The van der Waals surface area contributed by atoms with Crippen LogP contribution in [0.3, 0.4) is 0 Å². The van der Waals surface area contributed by atoms with E-state index in [0.717, 1.165) is 21.9 Å². The first kappa shape index (κ1) is 22.8. The summed E-state index contributed by atoms with van der Waals surface area (Å²) >= 11 is 0. The fourth-order valence-electron chi connectivity index (χ4n) is 3.26. The molecule has 2 atom stereocenters. The molecular formula is C25H27N3O4. The number of carbonyl (C=O) groups excluding carboxylic acids is 3. The van der Waals surface area contributed by atoms with E-state index < -0.39 is 24.0 Å². The van der Waals surface area contributed by atoms with E-state index in [4.69, 9.17) is 4.74 Å². The van der Waals surface area contributed by atoms with Crippen LogP contribution in [0.5, 0.6) is 5.75 Å². The van der Waals surface area contributed by atoms with Gasteiger partial charge in [0.1, 0.15) is 5.75 Å². The van der Waals surface area contributed by atoms with Crippen molar-refractivity contribution in [3.05, 3.63) is 77.9 Å². The van der Waals surface area contributed by atoms with E-state index in [1.165, 1.54) is 6.92 Å². The van der Waals surface area contributed by atoms with Crippen LogP contribution in [-0.4, -0.2) is 23.8 Å². The predicted molar refractivity (Wildman–Crippen MR) is 123 cm³/mol. The van der Waals surface area contributed by atoms with Crippen molar-refractivity contribution in [2.24, 2.45) is 0 Å². The van der Waals surface area contributed by atoms with Gasteiger partial charge in [-0.15, -0.1) is 0 Å². The Hall–Kier alpha value is -3.87. The summed E-state index contributed by atoms with van der Waals surface area (Å²) in [6.07, 6.45) is -0.845. The second-order valence-corrected chi connectivity index (χ2v) is 7.67. The zero-order valence-corrected chi connectivity index (χ0v) is 18.3. The molecule has 0 radical (unpaired) electrons. The molecule has 0 unspecified atom stereocenters. The van der Waals surface area contributed by atoms with Gasteiger partial charge in [-0.3, -0.25) is 25.2 Å². The first-order chi connectivity index (χ1) is 15.3. The maximum atomic E-state index is 12.4. The van der Waals surface area contributed by atoms with E-state index in [-0.39, 0.29) is 12.3 Å². The van der Waals surface area contributed by atoms with Crippen LogP contribution in [0.4, 0.5) is 0 Å². The zero-order valence-electron chi connectivity index (χ0n) is 18.3. The molecule has 166 valence electrons. The van der Waals surface area contributed by atoms with E-state index >= 15 is 0 Å². The van der Waals surface area contributed by atoms with Gasteiger partial charge in [0.25, 0.3) is 5.91 Å². The molecule has 0 heterocycles. The average Bonchev–Trinajstić information content (AvgIpc) is 2.77. The molecule has 32 heavy (non-hydrogen) atoms. The second kappa shape index (κ2) is 10.4. The Morgan fingerprint density at radius 1 is 0.906 bits per heavy atom. The molecule has 3 aromatic carbocycles. The van der Waals surface area contributed by atoms with Crippen molar-refractivity contribution in [2.45, 2.75) is 39.3 Å². The molecule has 3 aromatic rings. The van der Waals surface area contributed by atoms with Crippen LogP contribution in [-0.2, 0) is 14.4 Å². The first-order valence-electron chi connectivity index (χ1n) is 10.4. The summed E-state index contributed by atoms with van der Waals surface area (Å²) in [5.41, 5.74) is 6.66. The predicted octanol–water partition coefficient (Wildman–Crippen LogP) is 3.33. The number of ether oxygens (including phenoxy) is 1. The molecule has 3 N–H and O–H groups in total. The van der Waals surface area contributed by atoms with E-state index in [9.17, 15) is 14.4 Å². The third kappa shape index (κ3) is 6.31. The largest absolute Gasteiger partial charge is 0.481 e. The van der Waals surface area contributed by atoms with Crippen molar-refractivity contribution < 1.29 is 19.1 Å². The summed E-state index contributed by atoms with van der Waals surface area (Å²) in [4.78, 5) is 36.3. The van der Waals surface area contributed by atoms with Gasteiger partial charge < -0.3 is 10.1 Å². The number of hydrogen-bond acceptors (Lipinski definition) is 4. The molecule has 3 amide bonds. The first-order valence-corrected chi connectivity index (χ1v) is 10.4. The minimum absolute atomic E-state index is 0.0250. The number of hydrazine groups is 1. The number of carbonyl (C=O) groups is 3. The summed E-state index contributed by atoms with van der Waals surface area (Å²) in [5.74, 6) is -0.610. The monoisotopic (exact) mass is 433 g/mol. The Kier molecular flexibility index (Phi) is 7.44. The Labute approximate surface area is 187 Å². The summed E-state index contributed by atoms with van der Waals surface area (Å²) in [6.45, 7) is 4.95. The maximum absolute atomic E-state index is 12.4. The normalized spacial score (nSPS) is 12.5. The van der Waals surface area contributed by atoms with Crippen molar-refractivity contribution >= 4 is 28.5 Å². The Morgan fingerprint density at radius 3 is 2.28 bits per heavy atom. The SMILES string of the molecule is CC(=O)N[C@@H](CC(=O)NNC(=O)[C@H](C)Oc1ccc2ccccc2c1)c1ccc(C)cc1. The number of nitrogens with one attached hydrogen (secondary N) is 3. The lowest BCUT2D eigenvalue weighted by Gasteiger charge is -2.19. The fraction of sp³-hybridized carbons (Fsp3) is 0.240. The van der Waals surface area contributed by atoms with Crippen molar-refractivity contribution in [3.8, 4) is 5.75 Å². The lowest BCUT2D eigenvalue weighted by atomic mass is 10.0. The zero-order chi connectivity index (χ0) is 23.1. The van der Waals surface area contributed by atoms with Crippen LogP contribution < -0.4 is 20.9 Å². The number of aryl methyl sites for hydroxylation is 1. The quantitative estimate of drug-likeness (QED) is 0.498. The molecule has 0 spiro atoms. The van der Waals surface area contributed by atoms with Gasteiger partial charge in [0, 0.05) is 6.92 Å². The van der Waals surface area contributed by atoms with E-state index in [2.05, 4.69) is 16.2 Å². The van der Waals surface area contributed by atoms with Crippen LogP contribution in [0.2, 0.25) is 0 Å². The van der Waals surface area contributed by atoms with Gasteiger partial charge in [0.15, 0.2) is 6.10 Å². The van der Waals surface area contributed by atoms with E-state index in [1.54, 1.807) is 13.0 Å². The van der Waals surface area contributed by atoms with Gasteiger partial charge in [-0.1, -0.05) is 60.2 Å². The van der Waals surface area contributed by atoms with Crippen LogP contribution in [0.15, 0.2) is 66.7 Å². The molecule has 7 heteroatoms. The number of rotatable bonds is 7. The summed E-state index contributed by atoms with van der Waals surface area (Å²) in [7, 11) is 0. The van der Waals surface area contributed by atoms with Crippen LogP contribution >= 0.6 is 0 Å². The molecule has 0 saturated heterocycles. The summed E-state index contributed by atoms with van der Waals surface area (Å²) < 4.78 is 5.71. The van der Waals surface area contributed by atoms with Gasteiger partial charge in [-0.05, 0) is 42.3 Å². The Bertz CT molecular complexity index is 1110. The minimum Gasteiger partial charge on any atom is -0.481 e. The molecule has 7 nitrogen and oxygen atoms in total. The number of fused-ring (bicyclic) bond motifs is 1. The second-order valence-electron chi connectivity index (χ2n) is 7.67. The summed E-state index contributed by atoms with van der Waals surface area (Å²) in [6, 6.07) is 20.5. The van der Waals surface area contributed by atoms with Gasteiger partial charge in [-0.25, -0.2) is 0 Å². The van der Waals surface area contributed by atoms with Gasteiger partial charge in [0.2, 0.25) is 11.8 Å². The maximum Gasteiger partial charge on any atom is 0.279 e. The minimum atomic E-state index is -0.820. The standard InChI is InChI=1S/C25H27N3O4/c1-16-8-10-20(11-9-16)23(26-18(3)29)15-24(30)27-28-25(31)17(2)32-22-13-12-19-6-4-5-7-21(19)14-22/h4-14,17,23H,15H2,1-3H3,(H,26,29)(H,27,30)(H,28,31)/t17-,23-/m0/s1. The Balaban J connectivity index is 1.54. The van der Waals surface area contributed by atoms with Gasteiger partial charge in [0.05, 0.1) is 12.5 Å². The lowest BCUT2D eigenvalue weighted by Crippen LogP contribution is -2.48. The molecule has 0 aliphatic heterocycles. The highest BCUT2D eigenvalue weighted by Gasteiger charge is 2.19. The third-order valence-electron chi connectivity index (χ3n) is 4.97. The lowest BCUT2D eigenvalue weighted by molar-refractivity contribution is -0.133. The molecule has 0 fully saturated rings. The van der Waals surface area contributed by atoms with Crippen molar-refractivity contribution in [1.29, 1.82) is 0 Å². The van der Waals surface area contributed by atoms with Crippen molar-refractivity contribution in [3.63, 3.8) is 0 Å². The molecule has 0 aromatic heterocycles. The van der Waals surface area contributed by atoms with Crippen LogP contribution in [0.25, 0.3) is 10.8 Å². The highest BCUT2D eigenvalue weighted by molar-refractivity contribution is 5.86. The third-order valence-corrected chi connectivity index (χ3v) is 4.97. The van der Waals surface area contributed by atoms with Crippen molar-refractivity contribution in [2.75, 3.05) is 0 Å². The molecule has 0 aliphatic rings. The fourth-order valence-corrected chi connectivity index (χ4v) is 3.26. The smallest absolute Gasteiger partial charge is 0.279 e. The highest BCUT2D eigenvalue weighted by atomic mass is 16.5. The molecule has 0 bridgehead atoms. The molecule has 3 rings (SSSR count). The van der Waals surface area contributed by atoms with E-state index in [1.807, 2.05) is 67.6 Å². The Morgan fingerprint density at radius 2 is 1.59 bits per heavy atom. The molecular weight excluding hydrogens is 406 g/mol. The average molecular weight is 434 g/mol. The van der Waals surface area contributed by atoms with Gasteiger partial charge >= 0.3 is 0 Å². The van der Waals surface area contributed by atoms with Crippen LogP contribution in [0.1, 0.15) is 37.4 Å². The number of hydrogen-bond donors (Lipinski definition) is 3. The molecule has 0 aliphatic carbocycles. The van der Waals surface area contributed by atoms with Crippen molar-refractivity contribution in [1.82, 2.24) is 16.2 Å². The number of amides is 3. The summed E-state index contributed by atoms with van der Waals surface area (Å²) in [5, 5.41) is 4.85. The van der Waals surface area contributed by atoms with Crippen LogP contribution in [0, 0.1) is 6.92 Å². The number of benzene rings is 3. The molecule has 0 saturated carbocycles.